The van der Waals surface area contributed by atoms with Crippen molar-refractivity contribution in [3.05, 3.63) is 0 Å². The van der Waals surface area contributed by atoms with Gasteiger partial charge in [-0.3, -0.25) is 4.90 Å². The van der Waals surface area contributed by atoms with Crippen LogP contribution >= 0.6 is 0 Å². The molecule has 3 heteroatoms. The highest BCUT2D eigenvalue weighted by atomic mass is 16.5. The fourth-order valence-electron chi connectivity index (χ4n) is 2.77. The summed E-state index contributed by atoms with van der Waals surface area (Å²) in [7, 11) is 1.79. The molecule has 1 aliphatic heterocycles. The van der Waals surface area contributed by atoms with Gasteiger partial charge in [0, 0.05) is 25.7 Å². The number of methoxy groups -OCH3 is 1. The van der Waals surface area contributed by atoms with E-state index in [0.29, 0.717) is 12.1 Å². The highest BCUT2D eigenvalue weighted by Crippen LogP contribution is 2.24. The molecule has 3 nitrogen and oxygen atoms in total. The van der Waals surface area contributed by atoms with Crippen LogP contribution in [0.15, 0.2) is 0 Å². The fraction of sp³-hybridized carbons (Fsp3) is 1.00. The standard InChI is InChI=1S/C13H28N2O/c1-11(9-13(2,3)16-4)15-8-6-5-7-12(15)10-14/h11-12H,5-10,14H2,1-4H3. The molecule has 0 saturated carbocycles. The minimum Gasteiger partial charge on any atom is -0.379 e. The lowest BCUT2D eigenvalue weighted by Gasteiger charge is -2.41. The molecular formula is C13H28N2O. The van der Waals surface area contributed by atoms with Crippen molar-refractivity contribution in [2.75, 3.05) is 20.2 Å². The van der Waals surface area contributed by atoms with Crippen molar-refractivity contribution in [1.29, 1.82) is 0 Å². The number of hydrogen-bond donors (Lipinski definition) is 1. The number of piperidine rings is 1. The van der Waals surface area contributed by atoms with E-state index in [9.17, 15) is 0 Å². The first-order valence-corrected chi connectivity index (χ1v) is 6.51. The maximum atomic E-state index is 5.85. The average Bonchev–Trinajstić information content (AvgIpc) is 2.28. The zero-order valence-corrected chi connectivity index (χ0v) is 11.3. The van der Waals surface area contributed by atoms with Crippen molar-refractivity contribution >= 4 is 0 Å². The van der Waals surface area contributed by atoms with Crippen LogP contribution in [0.25, 0.3) is 0 Å². The van der Waals surface area contributed by atoms with Crippen molar-refractivity contribution in [3.63, 3.8) is 0 Å². The Labute approximate surface area is 100 Å². The van der Waals surface area contributed by atoms with Crippen LogP contribution in [0.2, 0.25) is 0 Å². The zero-order valence-electron chi connectivity index (χ0n) is 11.3. The predicted octanol–water partition coefficient (Wildman–Crippen LogP) is 2.00. The molecule has 1 saturated heterocycles. The van der Waals surface area contributed by atoms with E-state index in [2.05, 4.69) is 25.7 Å². The maximum Gasteiger partial charge on any atom is 0.0637 e. The second kappa shape index (κ2) is 5.99. The van der Waals surface area contributed by atoms with Crippen LogP contribution in [0.3, 0.4) is 0 Å². The smallest absolute Gasteiger partial charge is 0.0637 e. The van der Waals surface area contributed by atoms with Crippen molar-refractivity contribution in [3.8, 4) is 0 Å². The first-order valence-electron chi connectivity index (χ1n) is 6.51. The number of hydrogen-bond acceptors (Lipinski definition) is 3. The van der Waals surface area contributed by atoms with Crippen molar-refractivity contribution < 1.29 is 4.74 Å². The minimum atomic E-state index is -0.0317. The largest absolute Gasteiger partial charge is 0.379 e. The van der Waals surface area contributed by atoms with Gasteiger partial charge in [-0.05, 0) is 46.6 Å². The lowest BCUT2D eigenvalue weighted by Crippen LogP contribution is -2.50. The van der Waals surface area contributed by atoms with Gasteiger partial charge in [0.1, 0.15) is 0 Å². The molecule has 0 radical (unpaired) electrons. The molecule has 1 rings (SSSR count). The molecular weight excluding hydrogens is 200 g/mol. The van der Waals surface area contributed by atoms with E-state index >= 15 is 0 Å². The van der Waals surface area contributed by atoms with E-state index in [1.807, 2.05) is 0 Å². The highest BCUT2D eigenvalue weighted by Gasteiger charge is 2.29. The Morgan fingerprint density at radius 2 is 2.12 bits per heavy atom. The van der Waals surface area contributed by atoms with E-state index in [-0.39, 0.29) is 5.60 Å². The molecule has 0 aromatic heterocycles. The molecule has 0 aromatic rings. The van der Waals surface area contributed by atoms with Crippen molar-refractivity contribution in [2.45, 2.75) is 64.1 Å². The summed E-state index contributed by atoms with van der Waals surface area (Å²) >= 11 is 0. The summed E-state index contributed by atoms with van der Waals surface area (Å²) in [6.07, 6.45) is 4.97. The molecule has 0 amide bonds. The Balaban J connectivity index is 2.53. The molecule has 16 heavy (non-hydrogen) atoms. The summed E-state index contributed by atoms with van der Waals surface area (Å²) < 4.78 is 5.51. The number of ether oxygens (including phenoxy) is 1. The van der Waals surface area contributed by atoms with E-state index in [1.165, 1.54) is 25.8 Å². The number of nitrogens with zero attached hydrogens (tertiary/aromatic N) is 1. The molecule has 2 N–H and O–H groups in total. The topological polar surface area (TPSA) is 38.5 Å². The van der Waals surface area contributed by atoms with Gasteiger partial charge >= 0.3 is 0 Å². The first kappa shape index (κ1) is 13.9. The van der Waals surface area contributed by atoms with Gasteiger partial charge in [0.05, 0.1) is 5.60 Å². The second-order valence-electron chi connectivity index (χ2n) is 5.64. The second-order valence-corrected chi connectivity index (χ2v) is 5.64. The third-order valence-electron chi connectivity index (χ3n) is 3.85. The van der Waals surface area contributed by atoms with Crippen LogP contribution in [-0.2, 0) is 4.74 Å². The molecule has 1 aliphatic rings. The molecule has 96 valence electrons. The van der Waals surface area contributed by atoms with Gasteiger partial charge in [-0.1, -0.05) is 6.42 Å². The summed E-state index contributed by atoms with van der Waals surface area (Å²) in [6.45, 7) is 8.60. The van der Waals surface area contributed by atoms with Crippen LogP contribution in [-0.4, -0.2) is 42.8 Å². The van der Waals surface area contributed by atoms with E-state index < -0.39 is 0 Å². The maximum absolute atomic E-state index is 5.85. The molecule has 0 spiro atoms. The van der Waals surface area contributed by atoms with Gasteiger partial charge < -0.3 is 10.5 Å². The average molecular weight is 228 g/mol. The third-order valence-corrected chi connectivity index (χ3v) is 3.85. The van der Waals surface area contributed by atoms with Crippen LogP contribution in [0.4, 0.5) is 0 Å². The van der Waals surface area contributed by atoms with Crippen molar-refractivity contribution in [1.82, 2.24) is 4.90 Å². The first-order chi connectivity index (χ1) is 7.50. The van der Waals surface area contributed by atoms with Gasteiger partial charge in [-0.2, -0.15) is 0 Å². The normalized spacial score (nSPS) is 25.7. The molecule has 1 fully saturated rings. The summed E-state index contributed by atoms with van der Waals surface area (Å²) in [5.41, 5.74) is 5.82. The van der Waals surface area contributed by atoms with Crippen molar-refractivity contribution in [2.24, 2.45) is 5.73 Å². The molecule has 0 bridgehead atoms. The SMILES string of the molecule is COC(C)(C)CC(C)N1CCCCC1CN. The quantitative estimate of drug-likeness (QED) is 0.782. The summed E-state index contributed by atoms with van der Waals surface area (Å²) in [5, 5.41) is 0. The molecule has 0 aromatic carbocycles. The Hall–Kier alpha value is -0.120. The molecule has 2 atom stereocenters. The van der Waals surface area contributed by atoms with Crippen LogP contribution in [0, 0.1) is 0 Å². The Morgan fingerprint density at radius 1 is 1.44 bits per heavy atom. The number of likely N-dealkylation sites (tertiary alicyclic amines) is 1. The summed E-state index contributed by atoms with van der Waals surface area (Å²) in [5.74, 6) is 0. The lowest BCUT2D eigenvalue weighted by atomic mass is 9.94. The van der Waals surface area contributed by atoms with Crippen LogP contribution in [0.1, 0.15) is 46.5 Å². The van der Waals surface area contributed by atoms with E-state index in [0.717, 1.165) is 13.0 Å². The number of rotatable bonds is 5. The Morgan fingerprint density at radius 3 is 2.69 bits per heavy atom. The summed E-state index contributed by atoms with van der Waals surface area (Å²) in [4.78, 5) is 2.57. The monoisotopic (exact) mass is 228 g/mol. The fourth-order valence-corrected chi connectivity index (χ4v) is 2.77. The van der Waals surface area contributed by atoms with Crippen LogP contribution in [0.5, 0.6) is 0 Å². The molecule has 2 unspecified atom stereocenters. The minimum absolute atomic E-state index is 0.0317. The Kier molecular flexibility index (Phi) is 5.22. The van der Waals surface area contributed by atoms with Gasteiger partial charge in [-0.25, -0.2) is 0 Å². The molecule has 1 heterocycles. The third kappa shape index (κ3) is 3.72. The van der Waals surface area contributed by atoms with Gasteiger partial charge in [0.15, 0.2) is 0 Å². The van der Waals surface area contributed by atoms with Gasteiger partial charge in [0.25, 0.3) is 0 Å². The Bertz CT molecular complexity index is 206. The van der Waals surface area contributed by atoms with Gasteiger partial charge in [-0.15, -0.1) is 0 Å². The highest BCUT2D eigenvalue weighted by molar-refractivity contribution is 4.85. The summed E-state index contributed by atoms with van der Waals surface area (Å²) in [6, 6.07) is 1.14. The van der Waals surface area contributed by atoms with E-state index in [4.69, 9.17) is 10.5 Å². The van der Waals surface area contributed by atoms with Crippen LogP contribution < -0.4 is 5.73 Å². The number of nitrogens with two attached hydrogens (primary N) is 1. The molecule has 0 aliphatic carbocycles. The lowest BCUT2D eigenvalue weighted by molar-refractivity contribution is -0.0165. The predicted molar refractivity (Wildman–Crippen MR) is 68.6 cm³/mol. The zero-order chi connectivity index (χ0) is 12.2. The van der Waals surface area contributed by atoms with E-state index in [1.54, 1.807) is 7.11 Å². The van der Waals surface area contributed by atoms with Gasteiger partial charge in [0.2, 0.25) is 0 Å².